The second kappa shape index (κ2) is 6.07. The van der Waals surface area contributed by atoms with Gasteiger partial charge in [-0.1, -0.05) is 32.1 Å². The molecule has 7 nitrogen and oxygen atoms in total. The summed E-state index contributed by atoms with van der Waals surface area (Å²) in [5, 5.41) is 9.38. The van der Waals surface area contributed by atoms with Crippen LogP contribution in [-0.4, -0.2) is 39.6 Å². The first kappa shape index (κ1) is 16.5. The minimum Gasteiger partial charge on any atom is -0.480 e. The van der Waals surface area contributed by atoms with Gasteiger partial charge in [0, 0.05) is 0 Å². The van der Waals surface area contributed by atoms with Crippen LogP contribution in [0, 0.1) is 17.3 Å². The lowest BCUT2D eigenvalue weighted by Gasteiger charge is -2.23. The predicted octanol–water partition coefficient (Wildman–Crippen LogP) is 1.38. The minimum atomic E-state index is -4.24. The molecule has 21 heavy (non-hydrogen) atoms. The number of aliphatic carboxylic acids is 1. The number of hydrogen-bond acceptors (Lipinski definition) is 4. The number of carbonyl (C=O) groups is 2. The molecule has 2 aliphatic rings. The first-order chi connectivity index (χ1) is 9.77. The number of carbonyl (C=O) groups excluding carboxylic acids is 1. The first-order valence-electron chi connectivity index (χ1n) is 7.22. The van der Waals surface area contributed by atoms with Gasteiger partial charge in [0.2, 0.25) is 0 Å². The van der Waals surface area contributed by atoms with Gasteiger partial charge in [0.05, 0.1) is 6.16 Å². The maximum Gasteiger partial charge on any atom is 0.328 e. The monoisotopic (exact) mass is 320 g/mol. The highest BCUT2D eigenvalue weighted by atomic mass is 31.2. The SMILES string of the molecule is O=C(O)C1(C(=O)OCCP(=O)(O)O)CC1C1CCCCC1. The van der Waals surface area contributed by atoms with E-state index >= 15 is 0 Å². The van der Waals surface area contributed by atoms with Gasteiger partial charge < -0.3 is 19.6 Å². The van der Waals surface area contributed by atoms with Crippen LogP contribution in [-0.2, 0) is 18.9 Å². The van der Waals surface area contributed by atoms with E-state index in [4.69, 9.17) is 14.5 Å². The lowest BCUT2D eigenvalue weighted by Crippen LogP contribution is -2.32. The van der Waals surface area contributed by atoms with Crippen LogP contribution in [0.1, 0.15) is 38.5 Å². The van der Waals surface area contributed by atoms with Crippen LogP contribution in [0.25, 0.3) is 0 Å². The van der Waals surface area contributed by atoms with E-state index in [1.165, 1.54) is 0 Å². The summed E-state index contributed by atoms with van der Waals surface area (Å²) in [5.74, 6) is -1.99. The molecule has 0 bridgehead atoms. The quantitative estimate of drug-likeness (QED) is 0.384. The van der Waals surface area contributed by atoms with E-state index in [0.717, 1.165) is 32.1 Å². The zero-order valence-electron chi connectivity index (χ0n) is 11.7. The Morgan fingerprint density at radius 2 is 1.81 bits per heavy atom. The molecule has 2 unspecified atom stereocenters. The zero-order chi connectivity index (χ0) is 15.7. The fourth-order valence-corrected chi connectivity index (χ4v) is 3.68. The van der Waals surface area contributed by atoms with E-state index in [1.54, 1.807) is 0 Å². The van der Waals surface area contributed by atoms with Gasteiger partial charge in [0.1, 0.15) is 6.61 Å². The third-order valence-electron chi connectivity index (χ3n) is 4.60. The fraction of sp³-hybridized carbons (Fsp3) is 0.846. The van der Waals surface area contributed by atoms with Crippen LogP contribution < -0.4 is 0 Å². The highest BCUT2D eigenvalue weighted by Crippen LogP contribution is 2.60. The van der Waals surface area contributed by atoms with Crippen molar-refractivity contribution in [1.29, 1.82) is 0 Å². The highest BCUT2D eigenvalue weighted by molar-refractivity contribution is 7.51. The van der Waals surface area contributed by atoms with Gasteiger partial charge in [-0.2, -0.15) is 0 Å². The van der Waals surface area contributed by atoms with Crippen LogP contribution >= 0.6 is 7.60 Å². The summed E-state index contributed by atoms with van der Waals surface area (Å²) in [4.78, 5) is 41.0. The average molecular weight is 320 g/mol. The summed E-state index contributed by atoms with van der Waals surface area (Å²) in [5.41, 5.74) is -1.49. The number of carboxylic acids is 1. The Kier molecular flexibility index (Phi) is 4.76. The standard InChI is InChI=1S/C13H21O7P/c14-11(15)13(12(16)20-6-7-21(17,18)19)8-10(13)9-4-2-1-3-5-9/h9-10H,1-8H2,(H,14,15)(H2,17,18,19). The van der Waals surface area contributed by atoms with Crippen molar-refractivity contribution in [3.8, 4) is 0 Å². The molecule has 120 valence electrons. The van der Waals surface area contributed by atoms with Crippen LogP contribution in [0.3, 0.4) is 0 Å². The number of hydrogen-bond donors (Lipinski definition) is 3. The third-order valence-corrected chi connectivity index (χ3v) is 5.36. The molecule has 2 fully saturated rings. The number of esters is 1. The molecule has 2 aliphatic carbocycles. The Hall–Kier alpha value is -0.910. The summed E-state index contributed by atoms with van der Waals surface area (Å²) in [7, 11) is -4.24. The lowest BCUT2D eigenvalue weighted by molar-refractivity contribution is -0.162. The average Bonchev–Trinajstić information content (AvgIpc) is 3.15. The van der Waals surface area contributed by atoms with Crippen molar-refractivity contribution in [2.45, 2.75) is 38.5 Å². The van der Waals surface area contributed by atoms with Crippen LogP contribution in [0.5, 0.6) is 0 Å². The van der Waals surface area contributed by atoms with E-state index in [0.29, 0.717) is 0 Å². The van der Waals surface area contributed by atoms with Gasteiger partial charge in [-0.05, 0) is 18.3 Å². The van der Waals surface area contributed by atoms with Gasteiger partial charge in [-0.25, -0.2) is 0 Å². The molecule has 0 aliphatic heterocycles. The van der Waals surface area contributed by atoms with Crippen LogP contribution in [0.2, 0.25) is 0 Å². The molecular weight excluding hydrogens is 299 g/mol. The summed E-state index contributed by atoms with van der Waals surface area (Å²) >= 11 is 0. The summed E-state index contributed by atoms with van der Waals surface area (Å²) in [6.07, 6.45) is 4.85. The molecule has 2 rings (SSSR count). The maximum atomic E-state index is 12.1. The van der Waals surface area contributed by atoms with Crippen molar-refractivity contribution in [2.75, 3.05) is 12.8 Å². The van der Waals surface area contributed by atoms with E-state index in [-0.39, 0.29) is 18.3 Å². The molecule has 2 saturated carbocycles. The van der Waals surface area contributed by atoms with Crippen LogP contribution in [0.15, 0.2) is 0 Å². The number of rotatable bonds is 6. The smallest absolute Gasteiger partial charge is 0.328 e. The Bertz CT molecular complexity index is 465. The normalized spacial score (nSPS) is 29.9. The fourth-order valence-electron chi connectivity index (χ4n) is 3.35. The third kappa shape index (κ3) is 3.65. The van der Waals surface area contributed by atoms with Crippen molar-refractivity contribution in [1.82, 2.24) is 0 Å². The van der Waals surface area contributed by atoms with Crippen molar-refractivity contribution < 1.29 is 33.8 Å². The number of carboxylic acid groups (broad SMARTS) is 1. The Morgan fingerprint density at radius 1 is 1.19 bits per heavy atom. The van der Waals surface area contributed by atoms with Gasteiger partial charge in [-0.3, -0.25) is 14.2 Å². The summed E-state index contributed by atoms with van der Waals surface area (Å²) in [6, 6.07) is 0. The summed E-state index contributed by atoms with van der Waals surface area (Å²) in [6.45, 7) is -0.449. The molecule has 0 aromatic carbocycles. The van der Waals surface area contributed by atoms with E-state index in [9.17, 15) is 19.3 Å². The van der Waals surface area contributed by atoms with Crippen LogP contribution in [0.4, 0.5) is 0 Å². The molecule has 0 saturated heterocycles. The molecule has 3 N–H and O–H groups in total. The Balaban J connectivity index is 1.95. The topological polar surface area (TPSA) is 121 Å². The van der Waals surface area contributed by atoms with Crippen molar-refractivity contribution >= 4 is 19.5 Å². The molecule has 0 amide bonds. The molecule has 0 radical (unpaired) electrons. The van der Waals surface area contributed by atoms with Gasteiger partial charge >= 0.3 is 19.5 Å². The van der Waals surface area contributed by atoms with E-state index < -0.39 is 37.7 Å². The molecule has 0 heterocycles. The predicted molar refractivity (Wildman–Crippen MR) is 72.6 cm³/mol. The minimum absolute atomic E-state index is 0.196. The number of ether oxygens (including phenoxy) is 1. The molecular formula is C13H21O7P. The van der Waals surface area contributed by atoms with Gasteiger partial charge in [0.15, 0.2) is 5.41 Å². The Morgan fingerprint density at radius 3 is 2.33 bits per heavy atom. The van der Waals surface area contributed by atoms with Crippen molar-refractivity contribution in [3.05, 3.63) is 0 Å². The largest absolute Gasteiger partial charge is 0.480 e. The van der Waals surface area contributed by atoms with Gasteiger partial charge in [0.25, 0.3) is 0 Å². The Labute approximate surface area is 122 Å². The highest BCUT2D eigenvalue weighted by Gasteiger charge is 2.69. The van der Waals surface area contributed by atoms with E-state index in [1.807, 2.05) is 0 Å². The maximum absolute atomic E-state index is 12.1. The molecule has 8 heteroatoms. The molecule has 2 atom stereocenters. The van der Waals surface area contributed by atoms with Crippen molar-refractivity contribution in [3.63, 3.8) is 0 Å². The molecule has 0 spiro atoms. The van der Waals surface area contributed by atoms with Gasteiger partial charge in [-0.15, -0.1) is 0 Å². The van der Waals surface area contributed by atoms with E-state index in [2.05, 4.69) is 0 Å². The molecule has 0 aromatic rings. The first-order valence-corrected chi connectivity index (χ1v) is 9.02. The second-order valence-corrected chi connectivity index (χ2v) is 7.79. The molecule has 0 aromatic heterocycles. The summed E-state index contributed by atoms with van der Waals surface area (Å²) < 4.78 is 15.5. The second-order valence-electron chi connectivity index (χ2n) is 6.01. The zero-order valence-corrected chi connectivity index (χ0v) is 12.6. The van der Waals surface area contributed by atoms with Crippen molar-refractivity contribution in [2.24, 2.45) is 17.3 Å². The lowest BCUT2D eigenvalue weighted by atomic mass is 9.82.